The Bertz CT molecular complexity index is 760. The van der Waals surface area contributed by atoms with Gasteiger partial charge in [0.1, 0.15) is 6.07 Å². The highest BCUT2D eigenvalue weighted by Crippen LogP contribution is 2.34. The average Bonchev–Trinajstić information content (AvgIpc) is 3.01. The predicted octanol–water partition coefficient (Wildman–Crippen LogP) is 4.31. The summed E-state index contributed by atoms with van der Waals surface area (Å²) in [5, 5.41) is 11.4. The number of nitrogens with two attached hydrogens (primary N) is 1. The number of fused-ring (bicyclic) bond motifs is 1. The quantitative estimate of drug-likeness (QED) is 0.712. The number of benzene rings is 1. The highest BCUT2D eigenvalue weighted by atomic mass is 32.1. The SMILES string of the molecule is N#C/C(=C(/N)c1cc2sccc2s1)c1ccccc1. The van der Waals surface area contributed by atoms with E-state index in [0.29, 0.717) is 11.3 Å². The minimum absolute atomic E-state index is 0.537. The first-order valence-electron chi connectivity index (χ1n) is 5.72. The van der Waals surface area contributed by atoms with Crippen LogP contribution in [-0.4, -0.2) is 0 Å². The summed E-state index contributed by atoms with van der Waals surface area (Å²) in [4.78, 5) is 0.960. The fourth-order valence-electron chi connectivity index (χ4n) is 1.91. The molecule has 4 heteroatoms. The topological polar surface area (TPSA) is 49.8 Å². The zero-order chi connectivity index (χ0) is 13.2. The highest BCUT2D eigenvalue weighted by Gasteiger charge is 2.11. The standard InChI is InChI=1S/C15H10N2S2/c16-9-11(10-4-2-1-3-5-10)15(17)14-8-13-12(19-14)6-7-18-13/h1-8H,17H2/b15-11-. The van der Waals surface area contributed by atoms with E-state index < -0.39 is 0 Å². The van der Waals surface area contributed by atoms with Crippen LogP contribution in [0, 0.1) is 11.3 Å². The summed E-state index contributed by atoms with van der Waals surface area (Å²) in [5.41, 5.74) is 8.13. The average molecular weight is 282 g/mol. The summed E-state index contributed by atoms with van der Waals surface area (Å²) in [6, 6.07) is 15.9. The molecule has 0 amide bonds. The molecule has 0 aliphatic heterocycles. The van der Waals surface area contributed by atoms with E-state index in [1.165, 1.54) is 9.40 Å². The Morgan fingerprint density at radius 2 is 1.89 bits per heavy atom. The molecule has 19 heavy (non-hydrogen) atoms. The van der Waals surface area contributed by atoms with Crippen molar-refractivity contribution in [2.75, 3.05) is 0 Å². The van der Waals surface area contributed by atoms with Crippen molar-refractivity contribution in [2.24, 2.45) is 5.73 Å². The molecular formula is C15H10N2S2. The van der Waals surface area contributed by atoms with Crippen LogP contribution in [0.1, 0.15) is 10.4 Å². The summed E-state index contributed by atoms with van der Waals surface area (Å²) in [6.45, 7) is 0. The number of rotatable bonds is 2. The Hall–Kier alpha value is -2.09. The van der Waals surface area contributed by atoms with Gasteiger partial charge in [-0.2, -0.15) is 5.26 Å². The van der Waals surface area contributed by atoms with E-state index in [1.54, 1.807) is 22.7 Å². The Morgan fingerprint density at radius 1 is 1.11 bits per heavy atom. The van der Waals surface area contributed by atoms with E-state index in [4.69, 9.17) is 5.73 Å². The van der Waals surface area contributed by atoms with E-state index in [0.717, 1.165) is 10.4 Å². The van der Waals surface area contributed by atoms with E-state index in [2.05, 4.69) is 23.6 Å². The Balaban J connectivity index is 2.14. The third kappa shape index (κ3) is 2.14. The molecule has 3 rings (SSSR count). The van der Waals surface area contributed by atoms with Crippen LogP contribution < -0.4 is 5.73 Å². The molecule has 2 aromatic heterocycles. The van der Waals surface area contributed by atoms with Crippen molar-refractivity contribution in [3.05, 3.63) is 58.3 Å². The number of nitrogens with zero attached hydrogens (tertiary/aromatic N) is 1. The Kier molecular flexibility index (Phi) is 3.08. The summed E-state index contributed by atoms with van der Waals surface area (Å²) in [5.74, 6) is 0. The van der Waals surface area contributed by atoms with Gasteiger partial charge in [-0.15, -0.1) is 22.7 Å². The van der Waals surface area contributed by atoms with Gasteiger partial charge in [-0.3, -0.25) is 0 Å². The predicted molar refractivity (Wildman–Crippen MR) is 82.8 cm³/mol. The molecule has 0 saturated heterocycles. The number of allylic oxidation sites excluding steroid dienone is 1. The van der Waals surface area contributed by atoms with Crippen LogP contribution >= 0.6 is 22.7 Å². The number of nitriles is 1. The first kappa shape index (κ1) is 12.0. The van der Waals surface area contributed by atoms with Crippen LogP contribution in [0.15, 0.2) is 47.8 Å². The molecule has 92 valence electrons. The number of hydrogen-bond acceptors (Lipinski definition) is 4. The second-order valence-corrected chi connectivity index (χ2v) is 6.06. The lowest BCUT2D eigenvalue weighted by molar-refractivity contribution is 1.50. The maximum Gasteiger partial charge on any atom is 0.102 e. The van der Waals surface area contributed by atoms with Crippen LogP contribution in [0.4, 0.5) is 0 Å². The highest BCUT2D eigenvalue weighted by molar-refractivity contribution is 7.27. The molecule has 0 fully saturated rings. The van der Waals surface area contributed by atoms with Gasteiger partial charge >= 0.3 is 0 Å². The minimum atomic E-state index is 0.537. The molecule has 0 aliphatic rings. The van der Waals surface area contributed by atoms with Crippen molar-refractivity contribution in [1.82, 2.24) is 0 Å². The second kappa shape index (κ2) is 4.88. The van der Waals surface area contributed by atoms with Crippen molar-refractivity contribution in [2.45, 2.75) is 0 Å². The lowest BCUT2D eigenvalue weighted by Crippen LogP contribution is -1.98. The molecule has 0 bridgehead atoms. The van der Waals surface area contributed by atoms with E-state index in [-0.39, 0.29) is 0 Å². The molecule has 0 spiro atoms. The van der Waals surface area contributed by atoms with Crippen molar-refractivity contribution < 1.29 is 0 Å². The van der Waals surface area contributed by atoms with Crippen LogP contribution in [-0.2, 0) is 0 Å². The van der Waals surface area contributed by atoms with Gasteiger partial charge in [-0.05, 0) is 23.1 Å². The maximum atomic E-state index is 9.36. The zero-order valence-corrected chi connectivity index (χ0v) is 11.6. The normalized spacial score (nSPS) is 12.2. The largest absolute Gasteiger partial charge is 0.396 e. The van der Waals surface area contributed by atoms with Crippen LogP contribution in [0.5, 0.6) is 0 Å². The molecule has 1 aromatic carbocycles. The second-order valence-electron chi connectivity index (χ2n) is 4.03. The van der Waals surface area contributed by atoms with Crippen molar-refractivity contribution >= 4 is 43.3 Å². The van der Waals surface area contributed by atoms with E-state index in [1.807, 2.05) is 30.3 Å². The number of thiophene rings is 2. The van der Waals surface area contributed by atoms with Gasteiger partial charge in [0.05, 0.1) is 16.1 Å². The first-order valence-corrected chi connectivity index (χ1v) is 7.42. The molecule has 0 atom stereocenters. The summed E-state index contributed by atoms with van der Waals surface area (Å²) >= 11 is 3.32. The monoisotopic (exact) mass is 282 g/mol. The lowest BCUT2D eigenvalue weighted by atomic mass is 10.0. The van der Waals surface area contributed by atoms with E-state index >= 15 is 0 Å². The summed E-state index contributed by atoms with van der Waals surface area (Å²) in [6.07, 6.45) is 0. The molecule has 0 unspecified atom stereocenters. The fraction of sp³-hybridized carbons (Fsp3) is 0. The zero-order valence-electron chi connectivity index (χ0n) is 9.96. The van der Waals surface area contributed by atoms with Gasteiger partial charge in [0.15, 0.2) is 0 Å². The molecule has 0 aliphatic carbocycles. The van der Waals surface area contributed by atoms with Gasteiger partial charge < -0.3 is 5.73 Å². The molecule has 3 aromatic rings. The molecule has 0 radical (unpaired) electrons. The van der Waals surface area contributed by atoms with Gasteiger partial charge in [0.2, 0.25) is 0 Å². The Labute approximate surface area is 119 Å². The molecule has 0 saturated carbocycles. The van der Waals surface area contributed by atoms with Gasteiger partial charge in [-0.25, -0.2) is 0 Å². The molecule has 2 heterocycles. The van der Waals surface area contributed by atoms with Gasteiger partial charge in [0, 0.05) is 9.40 Å². The number of hydrogen-bond donors (Lipinski definition) is 1. The third-order valence-electron chi connectivity index (χ3n) is 2.85. The van der Waals surface area contributed by atoms with Crippen LogP contribution in [0.25, 0.3) is 20.7 Å². The summed E-state index contributed by atoms with van der Waals surface area (Å²) in [7, 11) is 0. The Morgan fingerprint density at radius 3 is 2.58 bits per heavy atom. The molecule has 2 N–H and O–H groups in total. The van der Waals surface area contributed by atoms with Gasteiger partial charge in [0.25, 0.3) is 0 Å². The minimum Gasteiger partial charge on any atom is -0.396 e. The maximum absolute atomic E-state index is 9.36. The smallest absolute Gasteiger partial charge is 0.102 e. The van der Waals surface area contributed by atoms with Crippen LogP contribution in [0.3, 0.4) is 0 Å². The third-order valence-corrected chi connectivity index (χ3v) is 4.98. The van der Waals surface area contributed by atoms with Crippen molar-refractivity contribution in [3.8, 4) is 6.07 Å². The first-order chi connectivity index (χ1) is 9.29. The molecule has 2 nitrogen and oxygen atoms in total. The van der Waals surface area contributed by atoms with Crippen LogP contribution in [0.2, 0.25) is 0 Å². The van der Waals surface area contributed by atoms with Crippen molar-refractivity contribution in [3.63, 3.8) is 0 Å². The molecular weight excluding hydrogens is 272 g/mol. The lowest BCUT2D eigenvalue weighted by Gasteiger charge is -2.03. The summed E-state index contributed by atoms with van der Waals surface area (Å²) < 4.78 is 2.43. The fourth-order valence-corrected chi connectivity index (χ4v) is 3.98. The van der Waals surface area contributed by atoms with E-state index in [9.17, 15) is 5.26 Å². The van der Waals surface area contributed by atoms with Gasteiger partial charge in [-0.1, -0.05) is 30.3 Å². The van der Waals surface area contributed by atoms with Crippen molar-refractivity contribution in [1.29, 1.82) is 5.26 Å².